The van der Waals surface area contributed by atoms with E-state index in [0.717, 1.165) is 0 Å². The molecule has 0 atom stereocenters. The second-order valence-corrected chi connectivity index (χ2v) is 1.15. The minimum Gasteiger partial charge on any atom is -0.543 e. The van der Waals surface area contributed by atoms with E-state index in [9.17, 15) is 0 Å². The summed E-state index contributed by atoms with van der Waals surface area (Å²) >= 11 is 0. The number of rotatable bonds is 0. The van der Waals surface area contributed by atoms with Gasteiger partial charge in [-0.25, -0.2) is 0 Å². The van der Waals surface area contributed by atoms with Gasteiger partial charge in [0, 0.05) is 0 Å². The SMILES string of the molecule is O=C([O-])C(=O)[O-].O=C([O-])C(=O)[O-].[Fe+2].[Li+].[NH4+]. The molecule has 82 valence electrons. The molecule has 0 aromatic rings. The molecule has 0 spiro atoms. The zero-order valence-electron chi connectivity index (χ0n) is 7.62. The monoisotopic (exact) mass is 257 g/mol. The van der Waals surface area contributed by atoms with Crippen molar-refractivity contribution in [2.45, 2.75) is 0 Å². The van der Waals surface area contributed by atoms with E-state index in [2.05, 4.69) is 0 Å². The Kier molecular flexibility index (Phi) is 30.0. The molecule has 0 aromatic carbocycles. The molecule has 0 radical (unpaired) electrons. The van der Waals surface area contributed by atoms with Gasteiger partial charge in [-0.3, -0.25) is 0 Å². The van der Waals surface area contributed by atoms with Gasteiger partial charge in [-0.2, -0.15) is 0 Å². The van der Waals surface area contributed by atoms with Crippen molar-refractivity contribution in [2.75, 3.05) is 0 Å². The molecule has 0 saturated heterocycles. The van der Waals surface area contributed by atoms with E-state index >= 15 is 0 Å². The Morgan fingerprint density at radius 1 is 0.600 bits per heavy atom. The zero-order valence-corrected chi connectivity index (χ0v) is 8.72. The van der Waals surface area contributed by atoms with Gasteiger partial charge in [-0.15, -0.1) is 0 Å². The molecule has 0 heterocycles. The van der Waals surface area contributed by atoms with Crippen molar-refractivity contribution in [2.24, 2.45) is 0 Å². The molecule has 0 fully saturated rings. The summed E-state index contributed by atoms with van der Waals surface area (Å²) in [7, 11) is 0. The molecule has 0 bridgehead atoms. The minimum atomic E-state index is -2.19. The minimum absolute atomic E-state index is 0. The topological polar surface area (TPSA) is 197 Å². The van der Waals surface area contributed by atoms with Gasteiger partial charge in [-0.05, 0) is 0 Å². The van der Waals surface area contributed by atoms with E-state index in [1.165, 1.54) is 0 Å². The second-order valence-electron chi connectivity index (χ2n) is 1.15. The first-order chi connectivity index (χ1) is 5.29. The number of aliphatic carboxylic acids is 4. The fourth-order valence-corrected chi connectivity index (χ4v) is 0. The standard InChI is InChI=1S/2C2H2O4.Fe.Li.H3N/c2*3-1(4)2(5)6;;;/h2*(H,3,4)(H,5,6);;;1H3/q;;+2;+1;/p-3. The molecule has 9 nitrogen and oxygen atoms in total. The Morgan fingerprint density at radius 2 is 0.667 bits per heavy atom. The van der Waals surface area contributed by atoms with E-state index in [1.54, 1.807) is 0 Å². The molecule has 0 aliphatic carbocycles. The molecular weight excluding hydrogens is 253 g/mol. The van der Waals surface area contributed by atoms with Crippen molar-refractivity contribution in [3.8, 4) is 0 Å². The Hall–Kier alpha value is -1.04. The molecule has 4 N–H and O–H groups in total. The number of carbonyl (C=O) groups excluding carboxylic acids is 4. The first kappa shape index (κ1) is 29.2. The Morgan fingerprint density at radius 3 is 0.667 bits per heavy atom. The third kappa shape index (κ3) is 32.1. The fourth-order valence-electron chi connectivity index (χ4n) is 0. The van der Waals surface area contributed by atoms with Gasteiger partial charge in [0.2, 0.25) is 0 Å². The predicted octanol–water partition coefficient (Wildman–Crippen LogP) is -9.65. The average Bonchev–Trinajstić information content (AvgIpc) is 1.88. The van der Waals surface area contributed by atoms with E-state index < -0.39 is 23.9 Å². The zero-order chi connectivity index (χ0) is 10.3. The van der Waals surface area contributed by atoms with Crippen molar-refractivity contribution in [3.05, 3.63) is 0 Å². The summed E-state index contributed by atoms with van der Waals surface area (Å²) in [6.45, 7) is 0. The van der Waals surface area contributed by atoms with Crippen LogP contribution in [0.15, 0.2) is 0 Å². The van der Waals surface area contributed by atoms with E-state index in [4.69, 9.17) is 39.6 Å². The van der Waals surface area contributed by atoms with Gasteiger partial charge < -0.3 is 45.8 Å². The Bertz CT molecular complexity index is 183. The van der Waals surface area contributed by atoms with Crippen LogP contribution in [-0.2, 0) is 36.2 Å². The third-order valence-corrected chi connectivity index (χ3v) is 0.333. The molecule has 15 heavy (non-hydrogen) atoms. The van der Waals surface area contributed by atoms with Crippen molar-refractivity contribution in [3.63, 3.8) is 0 Å². The van der Waals surface area contributed by atoms with Crippen molar-refractivity contribution in [1.82, 2.24) is 6.15 Å². The predicted molar refractivity (Wildman–Crippen MR) is 26.0 cm³/mol. The smallest absolute Gasteiger partial charge is 0.543 e. The molecular formula is C4H4FeLiNO8. The number of quaternary nitrogens is 1. The molecule has 0 aromatic heterocycles. The molecule has 0 aliphatic heterocycles. The third-order valence-electron chi connectivity index (χ3n) is 0.333. The van der Waals surface area contributed by atoms with E-state index in [1.807, 2.05) is 0 Å². The van der Waals surface area contributed by atoms with Crippen LogP contribution in [-0.4, -0.2) is 23.9 Å². The maximum atomic E-state index is 8.93. The van der Waals surface area contributed by atoms with Gasteiger partial charge in [0.15, 0.2) is 0 Å². The van der Waals surface area contributed by atoms with Gasteiger partial charge in [0.05, 0.1) is 23.9 Å². The molecule has 0 amide bonds. The molecule has 0 rings (SSSR count). The van der Waals surface area contributed by atoms with Crippen LogP contribution in [0.5, 0.6) is 0 Å². The van der Waals surface area contributed by atoms with Crippen LogP contribution in [0.3, 0.4) is 0 Å². The van der Waals surface area contributed by atoms with Crippen LogP contribution in [0.2, 0.25) is 0 Å². The summed E-state index contributed by atoms with van der Waals surface area (Å²) in [6, 6.07) is 0. The first-order valence-electron chi connectivity index (χ1n) is 2.13. The van der Waals surface area contributed by atoms with Crippen LogP contribution in [0.1, 0.15) is 0 Å². The van der Waals surface area contributed by atoms with Gasteiger partial charge in [0.1, 0.15) is 0 Å². The quantitative estimate of drug-likeness (QED) is 0.325. The van der Waals surface area contributed by atoms with Crippen molar-refractivity contribution < 1.29 is 75.5 Å². The summed E-state index contributed by atoms with van der Waals surface area (Å²) in [6.07, 6.45) is 0. The van der Waals surface area contributed by atoms with Crippen LogP contribution < -0.4 is 45.4 Å². The fraction of sp³-hybridized carbons (Fsp3) is 0. The Labute approximate surface area is 106 Å². The summed E-state index contributed by atoms with van der Waals surface area (Å²) < 4.78 is 0. The molecule has 11 heteroatoms. The van der Waals surface area contributed by atoms with Crippen molar-refractivity contribution in [1.29, 1.82) is 0 Å². The van der Waals surface area contributed by atoms with Crippen LogP contribution in [0, 0.1) is 0 Å². The summed E-state index contributed by atoms with van der Waals surface area (Å²) in [5, 5.41) is 35.7. The number of hydrogen-bond acceptors (Lipinski definition) is 8. The van der Waals surface area contributed by atoms with Gasteiger partial charge in [0.25, 0.3) is 0 Å². The maximum Gasteiger partial charge on any atom is 2.00 e. The number of hydrogen-bond donors (Lipinski definition) is 1. The summed E-state index contributed by atoms with van der Waals surface area (Å²) in [4.78, 5) is 35.7. The largest absolute Gasteiger partial charge is 2.00 e. The summed E-state index contributed by atoms with van der Waals surface area (Å²) in [5.41, 5.74) is 0. The second kappa shape index (κ2) is 15.4. The molecule has 0 saturated carbocycles. The number of carboxylic acids is 4. The van der Waals surface area contributed by atoms with E-state index in [-0.39, 0.29) is 42.1 Å². The van der Waals surface area contributed by atoms with E-state index in [0.29, 0.717) is 0 Å². The normalized spacial score (nSPS) is 5.87. The average molecular weight is 257 g/mol. The molecule has 0 unspecified atom stereocenters. The van der Waals surface area contributed by atoms with Gasteiger partial charge >= 0.3 is 35.9 Å². The Balaban J connectivity index is -0.0000000370. The summed E-state index contributed by atoms with van der Waals surface area (Å²) in [5.74, 6) is -8.74. The van der Waals surface area contributed by atoms with Crippen LogP contribution in [0.25, 0.3) is 0 Å². The number of carbonyl (C=O) groups is 4. The van der Waals surface area contributed by atoms with Gasteiger partial charge in [-0.1, -0.05) is 0 Å². The molecule has 0 aliphatic rings. The van der Waals surface area contributed by atoms with Crippen LogP contribution in [0.4, 0.5) is 0 Å². The van der Waals surface area contributed by atoms with Crippen molar-refractivity contribution >= 4 is 23.9 Å². The van der Waals surface area contributed by atoms with Crippen LogP contribution >= 0.6 is 0 Å². The number of carboxylic acid groups (broad SMARTS) is 4. The maximum absolute atomic E-state index is 8.93. The first-order valence-corrected chi connectivity index (χ1v) is 2.13.